The second kappa shape index (κ2) is 9.05. The normalized spacial score (nSPS) is 20.6. The molecular formula is C21H23ClFN5O3. The highest BCUT2D eigenvalue weighted by Gasteiger charge is 2.31. The van der Waals surface area contributed by atoms with Gasteiger partial charge in [-0.2, -0.15) is 0 Å². The number of nitrogens with zero attached hydrogens (tertiary/aromatic N) is 2. The fourth-order valence-electron chi connectivity index (χ4n) is 3.89. The molecule has 164 valence electrons. The van der Waals surface area contributed by atoms with E-state index in [-0.39, 0.29) is 40.2 Å². The van der Waals surface area contributed by atoms with Crippen LogP contribution in [0.3, 0.4) is 0 Å². The van der Waals surface area contributed by atoms with Crippen LogP contribution in [-0.4, -0.2) is 51.7 Å². The van der Waals surface area contributed by atoms with Gasteiger partial charge in [0.2, 0.25) is 5.91 Å². The van der Waals surface area contributed by atoms with Crippen LogP contribution in [0.4, 0.5) is 10.1 Å². The number of amides is 3. The zero-order chi connectivity index (χ0) is 22.0. The maximum Gasteiger partial charge on any atom is 0.272 e. The SMILES string of the molecule is O=C(NC1CCC(C(=O)Nc2ccc(F)cc2Cl)CC1)c1nc[nH]c1C(=O)N1CCC1. The number of imidazole rings is 1. The maximum atomic E-state index is 13.2. The van der Waals surface area contributed by atoms with Gasteiger partial charge in [0.25, 0.3) is 11.8 Å². The highest BCUT2D eigenvalue weighted by Crippen LogP contribution is 2.28. The van der Waals surface area contributed by atoms with Crippen LogP contribution in [0, 0.1) is 11.7 Å². The van der Waals surface area contributed by atoms with Gasteiger partial charge in [0, 0.05) is 25.0 Å². The minimum Gasteiger partial charge on any atom is -0.348 e. The molecule has 2 aromatic rings. The third-order valence-electron chi connectivity index (χ3n) is 5.83. The molecule has 31 heavy (non-hydrogen) atoms. The lowest BCUT2D eigenvalue weighted by Crippen LogP contribution is -2.44. The van der Waals surface area contributed by atoms with Gasteiger partial charge >= 0.3 is 0 Å². The lowest BCUT2D eigenvalue weighted by molar-refractivity contribution is -0.120. The van der Waals surface area contributed by atoms with Crippen molar-refractivity contribution < 1.29 is 18.8 Å². The Kier molecular flexibility index (Phi) is 6.22. The van der Waals surface area contributed by atoms with Crippen LogP contribution < -0.4 is 10.6 Å². The van der Waals surface area contributed by atoms with E-state index in [4.69, 9.17) is 11.6 Å². The molecule has 3 amide bonds. The van der Waals surface area contributed by atoms with E-state index in [9.17, 15) is 18.8 Å². The minimum atomic E-state index is -0.467. The van der Waals surface area contributed by atoms with Crippen LogP contribution in [-0.2, 0) is 4.79 Å². The van der Waals surface area contributed by atoms with Crippen molar-refractivity contribution in [2.75, 3.05) is 18.4 Å². The number of benzene rings is 1. The van der Waals surface area contributed by atoms with Gasteiger partial charge in [0.15, 0.2) is 5.69 Å². The lowest BCUT2D eigenvalue weighted by atomic mass is 9.85. The monoisotopic (exact) mass is 447 g/mol. The minimum absolute atomic E-state index is 0.0997. The average Bonchev–Trinajstić information content (AvgIpc) is 3.19. The highest BCUT2D eigenvalue weighted by molar-refractivity contribution is 6.33. The highest BCUT2D eigenvalue weighted by atomic mass is 35.5. The number of rotatable bonds is 5. The summed E-state index contributed by atoms with van der Waals surface area (Å²) in [6.07, 6.45) is 4.75. The van der Waals surface area contributed by atoms with E-state index in [0.29, 0.717) is 44.5 Å². The molecule has 3 N–H and O–H groups in total. The van der Waals surface area contributed by atoms with Crippen molar-refractivity contribution in [3.8, 4) is 0 Å². The summed E-state index contributed by atoms with van der Waals surface area (Å²) in [5.74, 6) is -1.47. The first-order chi connectivity index (χ1) is 14.9. The van der Waals surface area contributed by atoms with E-state index in [2.05, 4.69) is 20.6 Å². The lowest BCUT2D eigenvalue weighted by Gasteiger charge is -2.30. The quantitative estimate of drug-likeness (QED) is 0.654. The smallest absolute Gasteiger partial charge is 0.272 e. The van der Waals surface area contributed by atoms with Gasteiger partial charge in [0.05, 0.1) is 17.0 Å². The molecule has 1 aliphatic heterocycles. The van der Waals surface area contributed by atoms with E-state index in [0.717, 1.165) is 12.5 Å². The fraction of sp³-hybridized carbons (Fsp3) is 0.429. The number of H-pyrrole nitrogens is 1. The topological polar surface area (TPSA) is 107 Å². The summed E-state index contributed by atoms with van der Waals surface area (Å²) in [7, 11) is 0. The van der Waals surface area contributed by atoms with Crippen molar-refractivity contribution in [3.05, 3.63) is 46.8 Å². The molecule has 1 aromatic heterocycles. The van der Waals surface area contributed by atoms with Crippen LogP contribution in [0.1, 0.15) is 53.1 Å². The number of likely N-dealkylation sites (tertiary alicyclic amines) is 1. The second-order valence-corrected chi connectivity index (χ2v) is 8.31. The number of hydrogen-bond acceptors (Lipinski definition) is 4. The molecule has 0 bridgehead atoms. The number of aromatic amines is 1. The molecule has 1 saturated heterocycles. The molecule has 2 heterocycles. The standard InChI is InChI=1S/C21H23ClFN5O3/c22-15-10-13(23)4-7-16(15)27-19(29)12-2-5-14(6-3-12)26-20(30)17-18(25-11-24-17)21(31)28-8-1-9-28/h4,7,10-12,14H,1-3,5-6,8-9H2,(H,24,25)(H,26,30)(H,27,29). The molecule has 0 spiro atoms. The molecule has 0 unspecified atom stereocenters. The summed E-state index contributed by atoms with van der Waals surface area (Å²) < 4.78 is 13.2. The fourth-order valence-corrected chi connectivity index (χ4v) is 4.10. The number of aromatic nitrogens is 2. The predicted molar refractivity (Wildman–Crippen MR) is 112 cm³/mol. The molecule has 2 aliphatic rings. The summed E-state index contributed by atoms with van der Waals surface area (Å²) in [5.41, 5.74) is 0.686. The van der Waals surface area contributed by atoms with Gasteiger partial charge in [-0.25, -0.2) is 9.37 Å². The van der Waals surface area contributed by atoms with Crippen molar-refractivity contribution in [1.82, 2.24) is 20.2 Å². The molecule has 0 radical (unpaired) electrons. The Balaban J connectivity index is 1.29. The molecule has 0 atom stereocenters. The van der Waals surface area contributed by atoms with E-state index in [1.54, 1.807) is 4.90 Å². The van der Waals surface area contributed by atoms with E-state index >= 15 is 0 Å². The van der Waals surface area contributed by atoms with Crippen molar-refractivity contribution in [1.29, 1.82) is 0 Å². The summed E-state index contributed by atoms with van der Waals surface area (Å²) in [4.78, 5) is 46.1. The Morgan fingerprint density at radius 1 is 1.16 bits per heavy atom. The number of hydrogen-bond donors (Lipinski definition) is 3. The Morgan fingerprint density at radius 2 is 1.90 bits per heavy atom. The molecule has 8 nitrogen and oxygen atoms in total. The number of anilines is 1. The van der Waals surface area contributed by atoms with E-state index < -0.39 is 11.7 Å². The molecular weight excluding hydrogens is 425 g/mol. The van der Waals surface area contributed by atoms with Gasteiger partial charge < -0.3 is 20.5 Å². The summed E-state index contributed by atoms with van der Waals surface area (Å²) in [5, 5.41) is 5.82. The first-order valence-corrected chi connectivity index (χ1v) is 10.7. The van der Waals surface area contributed by atoms with Crippen molar-refractivity contribution in [2.45, 2.75) is 38.1 Å². The zero-order valence-corrected chi connectivity index (χ0v) is 17.5. The largest absolute Gasteiger partial charge is 0.348 e. The summed E-state index contributed by atoms with van der Waals surface area (Å²) >= 11 is 5.97. The molecule has 10 heteroatoms. The average molecular weight is 448 g/mol. The number of halogens is 2. The van der Waals surface area contributed by atoms with Crippen molar-refractivity contribution >= 4 is 35.0 Å². The summed E-state index contributed by atoms with van der Waals surface area (Å²) in [6, 6.07) is 3.73. The number of carbonyl (C=O) groups excluding carboxylic acids is 3. The van der Waals surface area contributed by atoms with Gasteiger partial charge in [0.1, 0.15) is 11.5 Å². The van der Waals surface area contributed by atoms with Crippen LogP contribution in [0.5, 0.6) is 0 Å². The Labute approximate surface area is 183 Å². The Morgan fingerprint density at radius 3 is 2.55 bits per heavy atom. The third-order valence-corrected chi connectivity index (χ3v) is 6.15. The molecule has 1 saturated carbocycles. The number of nitrogens with one attached hydrogen (secondary N) is 3. The predicted octanol–water partition coefficient (Wildman–Crippen LogP) is 2.98. The first kappa shape index (κ1) is 21.3. The molecule has 1 aromatic carbocycles. The maximum absolute atomic E-state index is 13.2. The van der Waals surface area contributed by atoms with Crippen LogP contribution in [0.2, 0.25) is 5.02 Å². The van der Waals surface area contributed by atoms with E-state index in [1.807, 2.05) is 0 Å². The van der Waals surface area contributed by atoms with Crippen LogP contribution >= 0.6 is 11.6 Å². The Bertz CT molecular complexity index is 999. The molecule has 1 aliphatic carbocycles. The van der Waals surface area contributed by atoms with Gasteiger partial charge in [-0.05, 0) is 50.3 Å². The third kappa shape index (κ3) is 4.71. The van der Waals surface area contributed by atoms with Gasteiger partial charge in [-0.3, -0.25) is 14.4 Å². The van der Waals surface area contributed by atoms with Crippen LogP contribution in [0.25, 0.3) is 0 Å². The van der Waals surface area contributed by atoms with E-state index in [1.165, 1.54) is 18.5 Å². The molecule has 4 rings (SSSR count). The summed E-state index contributed by atoms with van der Waals surface area (Å²) in [6.45, 7) is 1.38. The van der Waals surface area contributed by atoms with Gasteiger partial charge in [-0.15, -0.1) is 0 Å². The number of carbonyl (C=O) groups is 3. The first-order valence-electron chi connectivity index (χ1n) is 10.3. The zero-order valence-electron chi connectivity index (χ0n) is 16.8. The second-order valence-electron chi connectivity index (χ2n) is 7.91. The van der Waals surface area contributed by atoms with Crippen molar-refractivity contribution in [2.24, 2.45) is 5.92 Å². The van der Waals surface area contributed by atoms with Crippen molar-refractivity contribution in [3.63, 3.8) is 0 Å². The van der Waals surface area contributed by atoms with Gasteiger partial charge in [-0.1, -0.05) is 11.6 Å². The Hall–Kier alpha value is -2.94. The molecule has 2 fully saturated rings. The van der Waals surface area contributed by atoms with Crippen LogP contribution in [0.15, 0.2) is 24.5 Å².